The van der Waals surface area contributed by atoms with E-state index in [1.54, 1.807) is 19.4 Å². The molecular formula is C17H14N2O3. The number of furan rings is 1. The van der Waals surface area contributed by atoms with Crippen molar-refractivity contribution in [2.45, 2.75) is 0 Å². The lowest BCUT2D eigenvalue weighted by atomic mass is 10.1. The third kappa shape index (κ3) is 2.78. The van der Waals surface area contributed by atoms with Gasteiger partial charge in [-0.05, 0) is 30.3 Å². The maximum absolute atomic E-state index is 9.16. The van der Waals surface area contributed by atoms with Crippen molar-refractivity contribution in [3.8, 4) is 23.1 Å². The number of nitrogens with zero attached hydrogens (tertiary/aromatic N) is 2. The van der Waals surface area contributed by atoms with Crippen LogP contribution < -0.4 is 4.74 Å². The van der Waals surface area contributed by atoms with Crippen LogP contribution in [0.3, 0.4) is 0 Å². The van der Waals surface area contributed by atoms with E-state index >= 15 is 0 Å². The first-order valence-corrected chi connectivity index (χ1v) is 6.81. The van der Waals surface area contributed by atoms with Gasteiger partial charge in [0.05, 0.1) is 12.2 Å². The smallest absolute Gasteiger partial charge is 0.136 e. The quantitative estimate of drug-likeness (QED) is 0.675. The number of rotatable bonds is 5. The van der Waals surface area contributed by atoms with Gasteiger partial charge in [-0.3, -0.25) is 4.98 Å². The highest BCUT2D eigenvalue weighted by atomic mass is 16.5. The summed E-state index contributed by atoms with van der Waals surface area (Å²) >= 11 is 0. The van der Waals surface area contributed by atoms with Crippen LogP contribution in [0.4, 0.5) is 0 Å². The Balaban J connectivity index is 1.94. The molecule has 0 aliphatic carbocycles. The average Bonchev–Trinajstić information content (AvgIpc) is 2.98. The molecule has 0 atom stereocenters. The molecule has 5 heteroatoms. The second kappa shape index (κ2) is 6.29. The lowest BCUT2D eigenvalue weighted by molar-refractivity contribution is 0.146. The predicted octanol–water partition coefficient (Wildman–Crippen LogP) is 3.39. The highest BCUT2D eigenvalue weighted by Crippen LogP contribution is 2.31. The van der Waals surface area contributed by atoms with Crippen molar-refractivity contribution >= 4 is 11.0 Å². The Morgan fingerprint density at radius 3 is 2.95 bits per heavy atom. The van der Waals surface area contributed by atoms with Crippen LogP contribution in [0.2, 0.25) is 0 Å². The fourth-order valence-corrected chi connectivity index (χ4v) is 2.19. The normalized spacial score (nSPS) is 10.5. The molecule has 0 aliphatic heterocycles. The summed E-state index contributed by atoms with van der Waals surface area (Å²) < 4.78 is 16.4. The van der Waals surface area contributed by atoms with Crippen molar-refractivity contribution in [2.24, 2.45) is 0 Å². The number of hydrogen-bond donors (Lipinski definition) is 0. The van der Waals surface area contributed by atoms with Crippen LogP contribution >= 0.6 is 0 Å². The van der Waals surface area contributed by atoms with Gasteiger partial charge in [0.1, 0.15) is 29.8 Å². The number of fused-ring (bicyclic) bond motifs is 1. The predicted molar refractivity (Wildman–Crippen MR) is 81.5 cm³/mol. The lowest BCUT2D eigenvalue weighted by Gasteiger charge is -2.04. The summed E-state index contributed by atoms with van der Waals surface area (Å²) in [4.78, 5) is 3.96. The van der Waals surface area contributed by atoms with Gasteiger partial charge < -0.3 is 13.9 Å². The Bertz CT molecular complexity index is 833. The molecule has 3 aromatic rings. The van der Waals surface area contributed by atoms with E-state index in [1.165, 1.54) is 6.20 Å². The van der Waals surface area contributed by atoms with E-state index < -0.39 is 0 Å². The number of methoxy groups -OCH3 is 1. The molecule has 0 amide bonds. The van der Waals surface area contributed by atoms with Gasteiger partial charge >= 0.3 is 0 Å². The van der Waals surface area contributed by atoms with Gasteiger partial charge in [-0.1, -0.05) is 0 Å². The molecule has 0 saturated heterocycles. The highest BCUT2D eigenvalue weighted by Gasteiger charge is 2.11. The zero-order valence-corrected chi connectivity index (χ0v) is 12.1. The maximum Gasteiger partial charge on any atom is 0.136 e. The molecule has 0 saturated carbocycles. The topological polar surface area (TPSA) is 68.3 Å². The summed E-state index contributed by atoms with van der Waals surface area (Å²) in [6, 6.07) is 11.4. The van der Waals surface area contributed by atoms with Crippen LogP contribution in [-0.4, -0.2) is 25.3 Å². The number of nitriles is 1. The molecule has 0 fully saturated rings. The molecule has 2 aromatic heterocycles. The van der Waals surface area contributed by atoms with E-state index in [9.17, 15) is 0 Å². The minimum atomic E-state index is 0.484. The number of pyridine rings is 1. The number of benzene rings is 1. The summed E-state index contributed by atoms with van der Waals surface area (Å²) in [5.41, 5.74) is 1.96. The van der Waals surface area contributed by atoms with Crippen molar-refractivity contribution in [1.82, 2.24) is 4.98 Å². The van der Waals surface area contributed by atoms with Crippen LogP contribution in [0.25, 0.3) is 22.3 Å². The molecule has 1 aromatic carbocycles. The summed E-state index contributed by atoms with van der Waals surface area (Å²) in [7, 11) is 1.64. The first-order chi connectivity index (χ1) is 10.8. The second-order valence-corrected chi connectivity index (χ2v) is 4.68. The molecule has 22 heavy (non-hydrogen) atoms. The van der Waals surface area contributed by atoms with Crippen molar-refractivity contribution < 1.29 is 13.9 Å². The summed E-state index contributed by atoms with van der Waals surface area (Å²) in [5.74, 6) is 1.40. The molecule has 5 nitrogen and oxygen atoms in total. The maximum atomic E-state index is 9.16. The Morgan fingerprint density at radius 1 is 1.23 bits per heavy atom. The van der Waals surface area contributed by atoms with Gasteiger partial charge in [-0.25, -0.2) is 0 Å². The van der Waals surface area contributed by atoms with E-state index in [0.717, 1.165) is 22.3 Å². The SMILES string of the molecule is COCCOc1ccc2oc(-c3ccncc3C#N)cc2c1. The van der Waals surface area contributed by atoms with E-state index in [0.29, 0.717) is 24.5 Å². The molecule has 2 heterocycles. The van der Waals surface area contributed by atoms with Gasteiger partial charge in [0.15, 0.2) is 0 Å². The Labute approximate surface area is 127 Å². The second-order valence-electron chi connectivity index (χ2n) is 4.68. The fourth-order valence-electron chi connectivity index (χ4n) is 2.19. The number of hydrogen-bond acceptors (Lipinski definition) is 5. The minimum absolute atomic E-state index is 0.484. The van der Waals surface area contributed by atoms with E-state index in [4.69, 9.17) is 19.2 Å². The van der Waals surface area contributed by atoms with Crippen LogP contribution in [0.1, 0.15) is 5.56 Å². The van der Waals surface area contributed by atoms with Crippen molar-refractivity contribution in [3.63, 3.8) is 0 Å². The molecule has 0 aliphatic rings. The van der Waals surface area contributed by atoms with Gasteiger partial charge in [0.2, 0.25) is 0 Å². The monoisotopic (exact) mass is 294 g/mol. The molecule has 110 valence electrons. The first-order valence-electron chi connectivity index (χ1n) is 6.81. The molecule has 0 spiro atoms. The highest BCUT2D eigenvalue weighted by molar-refractivity contribution is 5.85. The molecule has 0 unspecified atom stereocenters. The molecular weight excluding hydrogens is 280 g/mol. The van der Waals surface area contributed by atoms with Crippen LogP contribution in [0.15, 0.2) is 47.1 Å². The van der Waals surface area contributed by atoms with Crippen molar-refractivity contribution in [1.29, 1.82) is 5.26 Å². The third-order valence-electron chi connectivity index (χ3n) is 3.25. The third-order valence-corrected chi connectivity index (χ3v) is 3.25. The van der Waals surface area contributed by atoms with Gasteiger partial charge in [-0.15, -0.1) is 0 Å². The fraction of sp³-hybridized carbons (Fsp3) is 0.176. The Morgan fingerprint density at radius 2 is 2.14 bits per heavy atom. The molecule has 0 radical (unpaired) electrons. The molecule has 0 bridgehead atoms. The largest absolute Gasteiger partial charge is 0.491 e. The van der Waals surface area contributed by atoms with Gasteiger partial charge in [-0.2, -0.15) is 5.26 Å². The molecule has 0 N–H and O–H groups in total. The zero-order valence-electron chi connectivity index (χ0n) is 12.1. The Hall–Kier alpha value is -2.84. The summed E-state index contributed by atoms with van der Waals surface area (Å²) in [6.45, 7) is 1.03. The molecule has 3 rings (SSSR count). The zero-order chi connectivity index (χ0) is 15.4. The van der Waals surface area contributed by atoms with E-state index in [2.05, 4.69) is 11.1 Å². The lowest BCUT2D eigenvalue weighted by Crippen LogP contribution is -2.03. The van der Waals surface area contributed by atoms with Crippen molar-refractivity contribution in [2.75, 3.05) is 20.3 Å². The Kier molecular flexibility index (Phi) is 4.03. The van der Waals surface area contributed by atoms with Crippen LogP contribution in [0.5, 0.6) is 5.75 Å². The summed E-state index contributed by atoms with van der Waals surface area (Å²) in [5, 5.41) is 10.1. The van der Waals surface area contributed by atoms with Gasteiger partial charge in [0, 0.05) is 30.5 Å². The number of ether oxygens (including phenoxy) is 2. The number of aromatic nitrogens is 1. The van der Waals surface area contributed by atoms with Gasteiger partial charge in [0.25, 0.3) is 0 Å². The summed E-state index contributed by atoms with van der Waals surface area (Å²) in [6.07, 6.45) is 3.17. The standard InChI is InChI=1S/C17H14N2O3/c1-20-6-7-21-14-2-3-16-12(8-14)9-17(22-16)15-4-5-19-11-13(15)10-18/h2-5,8-9,11H,6-7H2,1H3. The first kappa shape index (κ1) is 14.1. The average molecular weight is 294 g/mol. The minimum Gasteiger partial charge on any atom is -0.491 e. The van der Waals surface area contributed by atoms with E-state index in [-0.39, 0.29) is 0 Å². The van der Waals surface area contributed by atoms with Crippen molar-refractivity contribution in [3.05, 3.63) is 48.3 Å². The van der Waals surface area contributed by atoms with Crippen LogP contribution in [-0.2, 0) is 4.74 Å². The van der Waals surface area contributed by atoms with Crippen LogP contribution in [0, 0.1) is 11.3 Å². The van der Waals surface area contributed by atoms with E-state index in [1.807, 2.05) is 24.3 Å².